The molecule has 0 radical (unpaired) electrons. The van der Waals surface area contributed by atoms with E-state index in [0.29, 0.717) is 31.7 Å². The van der Waals surface area contributed by atoms with Crippen LogP contribution in [0.1, 0.15) is 67.2 Å². The molecule has 2 atom stereocenters. The molecular weight excluding hydrogens is 252 g/mol. The van der Waals surface area contributed by atoms with Gasteiger partial charge in [-0.3, -0.25) is 9.59 Å². The van der Waals surface area contributed by atoms with Crippen molar-refractivity contribution >= 4 is 11.8 Å². The Balaban J connectivity index is 3.24. The molecule has 4 nitrogen and oxygen atoms in total. The van der Waals surface area contributed by atoms with E-state index in [2.05, 4.69) is 19.2 Å². The van der Waals surface area contributed by atoms with Crippen LogP contribution in [-0.4, -0.2) is 34.3 Å². The first-order valence-electron chi connectivity index (χ1n) is 7.95. The van der Waals surface area contributed by atoms with Gasteiger partial charge >= 0.3 is 0 Å². The molecule has 1 saturated heterocycles. The summed E-state index contributed by atoms with van der Waals surface area (Å²) >= 11 is 0. The second-order valence-corrected chi connectivity index (χ2v) is 6.31. The fourth-order valence-corrected chi connectivity index (χ4v) is 2.93. The Morgan fingerprint density at radius 3 is 2.05 bits per heavy atom. The maximum Gasteiger partial charge on any atom is 0.248 e. The van der Waals surface area contributed by atoms with E-state index in [1.807, 2.05) is 32.6 Å². The van der Waals surface area contributed by atoms with E-state index in [0.717, 1.165) is 6.42 Å². The van der Waals surface area contributed by atoms with Gasteiger partial charge in [0, 0.05) is 6.54 Å². The number of nitrogens with one attached hydrogen (secondary N) is 1. The molecule has 0 bridgehead atoms. The first-order chi connectivity index (χ1) is 9.31. The van der Waals surface area contributed by atoms with Crippen molar-refractivity contribution in [3.8, 4) is 0 Å². The molecule has 0 aromatic heterocycles. The SMILES string of the molecule is CCC(C)CN1C(=O)C(C)(CC)NC(=O)C1(CC)CC. The summed E-state index contributed by atoms with van der Waals surface area (Å²) in [6.45, 7) is 12.7. The average Bonchev–Trinajstić information content (AvgIpc) is 2.45. The topological polar surface area (TPSA) is 49.4 Å². The van der Waals surface area contributed by atoms with Gasteiger partial charge in [0.25, 0.3) is 0 Å². The number of carbonyl (C=O) groups is 2. The van der Waals surface area contributed by atoms with Gasteiger partial charge in [-0.2, -0.15) is 0 Å². The van der Waals surface area contributed by atoms with Crippen LogP contribution in [0.25, 0.3) is 0 Å². The van der Waals surface area contributed by atoms with Crippen molar-refractivity contribution in [1.29, 1.82) is 0 Å². The predicted octanol–water partition coefficient (Wildman–Crippen LogP) is 2.72. The fraction of sp³-hybridized carbons (Fsp3) is 0.875. The van der Waals surface area contributed by atoms with E-state index in [9.17, 15) is 9.59 Å². The van der Waals surface area contributed by atoms with E-state index in [4.69, 9.17) is 0 Å². The monoisotopic (exact) mass is 282 g/mol. The molecular formula is C16H30N2O2. The van der Waals surface area contributed by atoms with Gasteiger partial charge in [0.05, 0.1) is 0 Å². The molecule has 1 N–H and O–H groups in total. The van der Waals surface area contributed by atoms with Crippen LogP contribution in [0.2, 0.25) is 0 Å². The molecule has 0 spiro atoms. The highest BCUT2D eigenvalue weighted by Crippen LogP contribution is 2.34. The van der Waals surface area contributed by atoms with Gasteiger partial charge in [-0.15, -0.1) is 0 Å². The maximum atomic E-state index is 12.9. The Bertz CT molecular complexity index is 377. The lowest BCUT2D eigenvalue weighted by atomic mass is 9.80. The van der Waals surface area contributed by atoms with Crippen LogP contribution in [-0.2, 0) is 9.59 Å². The van der Waals surface area contributed by atoms with Gasteiger partial charge in [-0.1, -0.05) is 41.0 Å². The zero-order valence-electron chi connectivity index (χ0n) is 13.9. The Kier molecular flexibility index (Phi) is 5.22. The number of carbonyl (C=O) groups excluding carboxylic acids is 2. The van der Waals surface area contributed by atoms with Crippen LogP contribution < -0.4 is 5.32 Å². The van der Waals surface area contributed by atoms with Gasteiger partial charge in [0.1, 0.15) is 11.1 Å². The number of amides is 2. The largest absolute Gasteiger partial charge is 0.340 e. The fourth-order valence-electron chi connectivity index (χ4n) is 2.93. The van der Waals surface area contributed by atoms with Crippen LogP contribution in [0, 0.1) is 5.92 Å². The highest BCUT2D eigenvalue weighted by Gasteiger charge is 2.54. The third-order valence-corrected chi connectivity index (χ3v) is 5.11. The van der Waals surface area contributed by atoms with Gasteiger partial charge in [0.2, 0.25) is 11.8 Å². The number of hydrogen-bond acceptors (Lipinski definition) is 2. The Morgan fingerprint density at radius 2 is 1.65 bits per heavy atom. The molecule has 1 heterocycles. The number of piperazine rings is 1. The molecule has 20 heavy (non-hydrogen) atoms. The van der Waals surface area contributed by atoms with Crippen molar-refractivity contribution in [2.75, 3.05) is 6.54 Å². The quantitative estimate of drug-likeness (QED) is 0.814. The third-order valence-electron chi connectivity index (χ3n) is 5.11. The minimum atomic E-state index is -0.752. The van der Waals surface area contributed by atoms with Crippen molar-refractivity contribution in [1.82, 2.24) is 10.2 Å². The molecule has 2 amide bonds. The Labute approximate surface area is 123 Å². The number of hydrogen-bond donors (Lipinski definition) is 1. The highest BCUT2D eigenvalue weighted by molar-refractivity contribution is 6.02. The highest BCUT2D eigenvalue weighted by atomic mass is 16.2. The summed E-state index contributed by atoms with van der Waals surface area (Å²) in [6, 6.07) is 0. The molecule has 1 aliphatic heterocycles. The molecule has 2 unspecified atom stereocenters. The summed E-state index contributed by atoms with van der Waals surface area (Å²) in [5.41, 5.74) is -1.42. The van der Waals surface area contributed by atoms with E-state index in [1.54, 1.807) is 0 Å². The Morgan fingerprint density at radius 1 is 1.10 bits per heavy atom. The molecule has 0 saturated carbocycles. The van der Waals surface area contributed by atoms with Crippen LogP contribution >= 0.6 is 0 Å². The van der Waals surface area contributed by atoms with Crippen LogP contribution in [0.4, 0.5) is 0 Å². The van der Waals surface area contributed by atoms with Crippen LogP contribution in [0.5, 0.6) is 0 Å². The number of nitrogens with zero attached hydrogens (tertiary/aromatic N) is 1. The third kappa shape index (κ3) is 2.57. The average molecular weight is 282 g/mol. The van der Waals surface area contributed by atoms with E-state index < -0.39 is 11.1 Å². The zero-order chi connectivity index (χ0) is 15.6. The summed E-state index contributed by atoms with van der Waals surface area (Å²) in [4.78, 5) is 27.5. The summed E-state index contributed by atoms with van der Waals surface area (Å²) in [5, 5.41) is 2.98. The number of rotatable bonds is 6. The molecule has 1 aliphatic rings. The molecule has 0 aromatic rings. The summed E-state index contributed by atoms with van der Waals surface area (Å²) in [6.07, 6.45) is 2.96. The normalized spacial score (nSPS) is 27.4. The minimum Gasteiger partial charge on any atom is -0.340 e. The summed E-state index contributed by atoms with van der Waals surface area (Å²) in [5.74, 6) is 0.488. The van der Waals surface area contributed by atoms with E-state index in [-0.39, 0.29) is 11.8 Å². The van der Waals surface area contributed by atoms with Gasteiger partial charge in [0.15, 0.2) is 0 Å². The first-order valence-corrected chi connectivity index (χ1v) is 7.95. The van der Waals surface area contributed by atoms with Crippen LogP contribution in [0.15, 0.2) is 0 Å². The van der Waals surface area contributed by atoms with Crippen molar-refractivity contribution < 1.29 is 9.59 Å². The summed E-state index contributed by atoms with van der Waals surface area (Å²) in [7, 11) is 0. The zero-order valence-corrected chi connectivity index (χ0v) is 13.9. The molecule has 1 fully saturated rings. The van der Waals surface area contributed by atoms with Crippen molar-refractivity contribution in [3.63, 3.8) is 0 Å². The lowest BCUT2D eigenvalue weighted by molar-refractivity contribution is -0.164. The van der Waals surface area contributed by atoms with Crippen molar-refractivity contribution in [2.24, 2.45) is 5.92 Å². The summed E-state index contributed by atoms with van der Waals surface area (Å²) < 4.78 is 0. The lowest BCUT2D eigenvalue weighted by Gasteiger charge is -2.52. The van der Waals surface area contributed by atoms with Gasteiger partial charge < -0.3 is 10.2 Å². The maximum absolute atomic E-state index is 12.9. The molecule has 0 aromatic carbocycles. The first kappa shape index (κ1) is 17.0. The Hall–Kier alpha value is -1.06. The van der Waals surface area contributed by atoms with Gasteiger partial charge in [-0.25, -0.2) is 0 Å². The van der Waals surface area contributed by atoms with Gasteiger partial charge in [-0.05, 0) is 32.1 Å². The molecule has 116 valence electrons. The van der Waals surface area contributed by atoms with Crippen molar-refractivity contribution in [2.45, 2.75) is 78.3 Å². The van der Waals surface area contributed by atoms with Crippen molar-refractivity contribution in [3.05, 3.63) is 0 Å². The van der Waals surface area contributed by atoms with Crippen LogP contribution in [0.3, 0.4) is 0 Å². The lowest BCUT2D eigenvalue weighted by Crippen LogP contribution is -2.75. The second-order valence-electron chi connectivity index (χ2n) is 6.31. The standard InChI is InChI=1S/C16H30N2O2/c1-7-12(5)11-18-14(20)15(6,8-2)17-13(19)16(18,9-3)10-4/h12H,7-11H2,1-6H3,(H,17,19). The predicted molar refractivity (Wildman–Crippen MR) is 81.3 cm³/mol. The second kappa shape index (κ2) is 6.15. The molecule has 0 aliphatic carbocycles. The minimum absolute atomic E-state index is 0.00903. The molecule has 1 rings (SSSR count). The van der Waals surface area contributed by atoms with E-state index >= 15 is 0 Å². The molecule has 4 heteroatoms. The van der Waals surface area contributed by atoms with E-state index in [1.165, 1.54) is 0 Å². The smallest absolute Gasteiger partial charge is 0.248 e.